The molecule has 1 aliphatic rings. The molecular weight excluding hydrogens is 228 g/mol. The first-order valence-electron chi connectivity index (χ1n) is 5.54. The molecule has 1 aromatic carbocycles. The summed E-state index contributed by atoms with van der Waals surface area (Å²) in [5.41, 5.74) is 5.50. The van der Waals surface area contributed by atoms with E-state index in [1.165, 1.54) is 49.6 Å². The van der Waals surface area contributed by atoms with Gasteiger partial charge in [-0.15, -0.1) is 11.8 Å². The normalized spacial score (nSPS) is 16.9. The summed E-state index contributed by atoms with van der Waals surface area (Å²) in [6, 6.07) is 2.36. The molecule has 0 unspecified atom stereocenters. The molecule has 1 aromatic rings. The smallest absolute Gasteiger partial charge is 0.141 e. The molecule has 0 radical (unpaired) electrons. The van der Waals surface area contributed by atoms with Gasteiger partial charge in [-0.2, -0.15) is 0 Å². The Morgan fingerprint density at radius 3 is 2.31 bits per heavy atom. The fraction of sp³-hybridized carbons (Fsp3) is 0.500. The Hall–Kier alpha value is -0.770. The molecule has 0 bridgehead atoms. The zero-order valence-electron chi connectivity index (χ0n) is 9.01. The molecule has 0 saturated heterocycles. The zero-order chi connectivity index (χ0) is 11.5. The summed E-state index contributed by atoms with van der Waals surface area (Å²) in [6.07, 6.45) is 4.87. The zero-order valence-corrected chi connectivity index (χ0v) is 9.83. The van der Waals surface area contributed by atoms with E-state index in [2.05, 4.69) is 0 Å². The van der Waals surface area contributed by atoms with Crippen LogP contribution in [0.25, 0.3) is 0 Å². The standard InChI is InChI=1S/C12H15F2NS/c13-10-5-9(15)6-11(14)12(10)16-7-8-3-1-2-4-8/h5-6,8H,1-4,7,15H2. The average Bonchev–Trinajstić information content (AvgIpc) is 2.68. The maximum atomic E-state index is 13.4. The highest BCUT2D eigenvalue weighted by Crippen LogP contribution is 2.33. The van der Waals surface area contributed by atoms with Crippen LogP contribution in [0.15, 0.2) is 17.0 Å². The third-order valence-electron chi connectivity index (χ3n) is 2.96. The molecule has 1 nitrogen and oxygen atoms in total. The van der Waals surface area contributed by atoms with Gasteiger partial charge in [-0.05, 0) is 30.9 Å². The number of rotatable bonds is 3. The molecule has 1 aliphatic carbocycles. The van der Waals surface area contributed by atoms with Gasteiger partial charge in [-0.3, -0.25) is 0 Å². The molecule has 0 spiro atoms. The molecule has 88 valence electrons. The number of halogens is 2. The first-order valence-corrected chi connectivity index (χ1v) is 6.52. The lowest BCUT2D eigenvalue weighted by Crippen LogP contribution is -1.99. The third kappa shape index (κ3) is 2.67. The van der Waals surface area contributed by atoms with Gasteiger partial charge in [0.15, 0.2) is 0 Å². The lowest BCUT2D eigenvalue weighted by atomic mass is 10.1. The van der Waals surface area contributed by atoms with Crippen LogP contribution in [0.3, 0.4) is 0 Å². The molecule has 2 rings (SSSR count). The van der Waals surface area contributed by atoms with Crippen LogP contribution in [0.5, 0.6) is 0 Å². The maximum Gasteiger partial charge on any atom is 0.141 e. The molecule has 1 fully saturated rings. The molecule has 1 saturated carbocycles. The number of hydrogen-bond acceptors (Lipinski definition) is 2. The maximum absolute atomic E-state index is 13.4. The lowest BCUT2D eigenvalue weighted by molar-refractivity contribution is 0.540. The Balaban J connectivity index is 2.03. The van der Waals surface area contributed by atoms with E-state index in [0.717, 1.165) is 5.75 Å². The molecule has 0 aliphatic heterocycles. The second-order valence-electron chi connectivity index (χ2n) is 4.28. The van der Waals surface area contributed by atoms with Crippen molar-refractivity contribution in [3.8, 4) is 0 Å². The molecule has 16 heavy (non-hydrogen) atoms. The third-order valence-corrected chi connectivity index (χ3v) is 4.28. The fourth-order valence-electron chi connectivity index (χ4n) is 2.10. The number of thioether (sulfide) groups is 1. The van der Waals surface area contributed by atoms with Gasteiger partial charge < -0.3 is 5.73 Å². The molecule has 2 N–H and O–H groups in total. The van der Waals surface area contributed by atoms with Crippen molar-refractivity contribution >= 4 is 17.4 Å². The summed E-state index contributed by atoms with van der Waals surface area (Å²) in [6.45, 7) is 0. The predicted molar refractivity (Wildman–Crippen MR) is 63.5 cm³/mol. The number of anilines is 1. The van der Waals surface area contributed by atoms with Crippen molar-refractivity contribution in [2.45, 2.75) is 30.6 Å². The first kappa shape index (κ1) is 11.7. The van der Waals surface area contributed by atoms with E-state index in [9.17, 15) is 8.78 Å². The van der Waals surface area contributed by atoms with E-state index < -0.39 is 11.6 Å². The van der Waals surface area contributed by atoms with Crippen LogP contribution < -0.4 is 5.73 Å². The lowest BCUT2D eigenvalue weighted by Gasteiger charge is -2.10. The monoisotopic (exact) mass is 243 g/mol. The summed E-state index contributed by atoms with van der Waals surface area (Å²) in [4.78, 5) is 0.112. The van der Waals surface area contributed by atoms with Crippen molar-refractivity contribution in [1.82, 2.24) is 0 Å². The molecule has 0 heterocycles. The van der Waals surface area contributed by atoms with E-state index in [4.69, 9.17) is 5.73 Å². The van der Waals surface area contributed by atoms with E-state index in [1.54, 1.807) is 0 Å². The molecular formula is C12H15F2NS. The predicted octanol–water partition coefficient (Wildman–Crippen LogP) is 3.83. The van der Waals surface area contributed by atoms with Crippen LogP contribution in [0.1, 0.15) is 25.7 Å². The second-order valence-corrected chi connectivity index (χ2v) is 5.31. The van der Waals surface area contributed by atoms with Gasteiger partial charge in [0.05, 0.1) is 4.90 Å². The SMILES string of the molecule is Nc1cc(F)c(SCC2CCCC2)c(F)c1. The number of nitrogen functional groups attached to an aromatic ring is 1. The minimum Gasteiger partial charge on any atom is -0.399 e. The summed E-state index contributed by atoms with van der Waals surface area (Å²) in [5.74, 6) is 0.333. The topological polar surface area (TPSA) is 26.0 Å². The summed E-state index contributed by atoms with van der Waals surface area (Å²) < 4.78 is 26.9. The Bertz CT molecular complexity index is 352. The quantitative estimate of drug-likeness (QED) is 0.645. The second kappa shape index (κ2) is 5.04. The van der Waals surface area contributed by atoms with Crippen LogP contribution in [-0.4, -0.2) is 5.75 Å². The van der Waals surface area contributed by atoms with Crippen molar-refractivity contribution < 1.29 is 8.78 Å². The Labute approximate surface area is 98.4 Å². The average molecular weight is 243 g/mol. The van der Waals surface area contributed by atoms with E-state index >= 15 is 0 Å². The Morgan fingerprint density at radius 2 is 1.75 bits per heavy atom. The number of nitrogens with two attached hydrogens (primary N) is 1. The minimum atomic E-state index is -0.541. The van der Waals surface area contributed by atoms with Crippen LogP contribution in [0.4, 0.5) is 14.5 Å². The van der Waals surface area contributed by atoms with Gasteiger partial charge in [-0.25, -0.2) is 8.78 Å². The molecule has 0 amide bonds. The summed E-state index contributed by atoms with van der Waals surface area (Å²) in [7, 11) is 0. The van der Waals surface area contributed by atoms with Gasteiger partial charge in [0.2, 0.25) is 0 Å². The molecule has 4 heteroatoms. The summed E-state index contributed by atoms with van der Waals surface area (Å²) in [5, 5.41) is 0. The highest BCUT2D eigenvalue weighted by atomic mass is 32.2. The Morgan fingerprint density at radius 1 is 1.19 bits per heavy atom. The largest absolute Gasteiger partial charge is 0.399 e. The van der Waals surface area contributed by atoms with Crippen LogP contribution in [-0.2, 0) is 0 Å². The number of benzene rings is 1. The van der Waals surface area contributed by atoms with Crippen LogP contribution in [0.2, 0.25) is 0 Å². The van der Waals surface area contributed by atoms with Gasteiger partial charge in [0.25, 0.3) is 0 Å². The first-order chi connectivity index (χ1) is 7.66. The minimum absolute atomic E-state index is 0.112. The molecule has 0 aromatic heterocycles. The van der Waals surface area contributed by atoms with Gasteiger partial charge in [-0.1, -0.05) is 12.8 Å². The van der Waals surface area contributed by atoms with Crippen LogP contribution in [0, 0.1) is 17.6 Å². The van der Waals surface area contributed by atoms with E-state index in [0.29, 0.717) is 5.92 Å². The van der Waals surface area contributed by atoms with Crippen molar-refractivity contribution in [3.05, 3.63) is 23.8 Å². The van der Waals surface area contributed by atoms with Crippen LogP contribution >= 0.6 is 11.8 Å². The van der Waals surface area contributed by atoms with Crippen molar-refractivity contribution in [1.29, 1.82) is 0 Å². The van der Waals surface area contributed by atoms with Gasteiger partial charge in [0.1, 0.15) is 11.6 Å². The van der Waals surface area contributed by atoms with Gasteiger partial charge >= 0.3 is 0 Å². The van der Waals surface area contributed by atoms with E-state index in [1.807, 2.05) is 0 Å². The van der Waals surface area contributed by atoms with Gasteiger partial charge in [0, 0.05) is 11.4 Å². The summed E-state index contributed by atoms with van der Waals surface area (Å²) >= 11 is 1.27. The highest BCUT2D eigenvalue weighted by molar-refractivity contribution is 7.99. The molecule has 0 atom stereocenters. The number of hydrogen-bond donors (Lipinski definition) is 1. The van der Waals surface area contributed by atoms with Crippen molar-refractivity contribution in [2.24, 2.45) is 5.92 Å². The fourth-order valence-corrected chi connectivity index (χ4v) is 3.22. The van der Waals surface area contributed by atoms with E-state index in [-0.39, 0.29) is 10.6 Å². The van der Waals surface area contributed by atoms with Crippen molar-refractivity contribution in [3.63, 3.8) is 0 Å². The highest BCUT2D eigenvalue weighted by Gasteiger charge is 2.17. The Kier molecular flexibility index (Phi) is 3.69. The van der Waals surface area contributed by atoms with Crippen molar-refractivity contribution in [2.75, 3.05) is 11.5 Å².